The summed E-state index contributed by atoms with van der Waals surface area (Å²) in [6.07, 6.45) is 1.12. The molecule has 0 radical (unpaired) electrons. The third kappa shape index (κ3) is 5.42. The molecule has 0 atom stereocenters. The first-order valence-electron chi connectivity index (χ1n) is 10.4. The summed E-state index contributed by atoms with van der Waals surface area (Å²) in [7, 11) is 2.77. The lowest BCUT2D eigenvalue weighted by molar-refractivity contribution is -0.117. The van der Waals surface area contributed by atoms with Gasteiger partial charge in [-0.25, -0.2) is 9.37 Å². The highest BCUT2D eigenvalue weighted by Gasteiger charge is 2.32. The molecular formula is C23H25ClFN3O5. The molecule has 0 unspecified atom stereocenters. The fourth-order valence-electron chi connectivity index (χ4n) is 3.74. The van der Waals surface area contributed by atoms with Gasteiger partial charge in [-0.15, -0.1) is 0 Å². The van der Waals surface area contributed by atoms with Crippen molar-refractivity contribution >= 4 is 29.2 Å². The lowest BCUT2D eigenvalue weighted by Gasteiger charge is -2.27. The quantitative estimate of drug-likeness (QED) is 0.595. The second kappa shape index (κ2) is 10.6. The molecule has 3 rings (SSSR count). The second-order valence-corrected chi connectivity index (χ2v) is 8.05. The number of hydrogen-bond acceptors (Lipinski definition) is 6. The van der Waals surface area contributed by atoms with Crippen LogP contribution in [0.25, 0.3) is 0 Å². The number of amides is 2. The molecule has 8 nitrogen and oxygen atoms in total. The van der Waals surface area contributed by atoms with Crippen molar-refractivity contribution < 1.29 is 28.2 Å². The lowest BCUT2D eigenvalue weighted by atomic mass is 9.97. The van der Waals surface area contributed by atoms with E-state index in [0.717, 1.165) is 0 Å². The Bertz CT molecular complexity index is 1090. The molecule has 0 fully saturated rings. The van der Waals surface area contributed by atoms with Crippen LogP contribution in [0.1, 0.15) is 51.7 Å². The van der Waals surface area contributed by atoms with Gasteiger partial charge in [-0.2, -0.15) is 0 Å². The standard InChI is InChI=1S/C23H25ClFN3O5/c1-13(29)5-4-10-28(12-14-6-7-17(25)16(24)11-14)23(31)19-15-8-9-26-21(30)18(15)20(32-2)22(27-19)33-3/h6-7,11H,4-5,8-10,12H2,1-3H3,(H,26,30). The Kier molecular flexibility index (Phi) is 7.86. The van der Waals surface area contributed by atoms with Crippen LogP contribution < -0.4 is 14.8 Å². The van der Waals surface area contributed by atoms with Crippen LogP contribution in [-0.2, 0) is 17.8 Å². The summed E-state index contributed by atoms with van der Waals surface area (Å²) in [4.78, 5) is 43.6. The van der Waals surface area contributed by atoms with Crippen LogP contribution >= 0.6 is 11.6 Å². The SMILES string of the molecule is COc1nc(C(=O)N(CCCC(C)=O)Cc2ccc(F)c(Cl)c2)c2c(c1OC)C(=O)NCC2. The largest absolute Gasteiger partial charge is 0.491 e. The van der Waals surface area contributed by atoms with Crippen LogP contribution in [0.2, 0.25) is 5.02 Å². The normalized spacial score (nSPS) is 12.6. The molecule has 1 aromatic heterocycles. The van der Waals surface area contributed by atoms with E-state index < -0.39 is 11.7 Å². The Morgan fingerprint density at radius 1 is 1.27 bits per heavy atom. The molecule has 0 spiro atoms. The maximum atomic E-state index is 13.7. The molecule has 0 saturated heterocycles. The van der Waals surface area contributed by atoms with Crippen molar-refractivity contribution in [3.05, 3.63) is 51.4 Å². The van der Waals surface area contributed by atoms with Gasteiger partial charge in [-0.3, -0.25) is 9.59 Å². The van der Waals surface area contributed by atoms with E-state index in [1.54, 1.807) is 0 Å². The van der Waals surface area contributed by atoms with Crippen molar-refractivity contribution in [1.82, 2.24) is 15.2 Å². The molecule has 2 aromatic rings. The summed E-state index contributed by atoms with van der Waals surface area (Å²) in [5.41, 5.74) is 1.38. The van der Waals surface area contributed by atoms with Crippen LogP contribution in [-0.4, -0.2) is 54.8 Å². The van der Waals surface area contributed by atoms with Gasteiger partial charge in [0.25, 0.3) is 17.7 Å². The maximum Gasteiger partial charge on any atom is 0.273 e. The van der Waals surface area contributed by atoms with E-state index in [1.165, 1.54) is 44.2 Å². The average Bonchev–Trinajstić information content (AvgIpc) is 2.79. The van der Waals surface area contributed by atoms with Crippen molar-refractivity contribution in [2.24, 2.45) is 0 Å². The van der Waals surface area contributed by atoms with Gasteiger partial charge < -0.3 is 24.5 Å². The van der Waals surface area contributed by atoms with Crippen molar-refractivity contribution in [2.45, 2.75) is 32.7 Å². The van der Waals surface area contributed by atoms with E-state index in [4.69, 9.17) is 21.1 Å². The first kappa shape index (κ1) is 24.4. The number of rotatable bonds is 9. The molecule has 1 aromatic carbocycles. The van der Waals surface area contributed by atoms with E-state index in [0.29, 0.717) is 36.9 Å². The van der Waals surface area contributed by atoms with Gasteiger partial charge in [-0.05, 0) is 37.5 Å². The summed E-state index contributed by atoms with van der Waals surface area (Å²) in [5, 5.41) is 2.69. The Morgan fingerprint density at radius 2 is 2.03 bits per heavy atom. The third-order valence-electron chi connectivity index (χ3n) is 5.31. The summed E-state index contributed by atoms with van der Waals surface area (Å²) in [6.45, 7) is 2.20. The van der Waals surface area contributed by atoms with Crippen LogP contribution in [0.15, 0.2) is 18.2 Å². The predicted molar refractivity (Wildman–Crippen MR) is 119 cm³/mol. The highest BCUT2D eigenvalue weighted by atomic mass is 35.5. The fourth-order valence-corrected chi connectivity index (χ4v) is 3.94. The molecule has 176 valence electrons. The zero-order valence-corrected chi connectivity index (χ0v) is 19.4. The van der Waals surface area contributed by atoms with Gasteiger partial charge >= 0.3 is 0 Å². The molecular weight excluding hydrogens is 453 g/mol. The van der Waals surface area contributed by atoms with Crippen molar-refractivity contribution in [1.29, 1.82) is 0 Å². The Balaban J connectivity index is 2.04. The molecule has 1 N–H and O–H groups in total. The molecule has 0 bridgehead atoms. The highest BCUT2D eigenvalue weighted by molar-refractivity contribution is 6.30. The number of Topliss-reactive ketones (excluding diaryl/α,β-unsaturated/α-hetero) is 1. The van der Waals surface area contributed by atoms with E-state index in [-0.39, 0.29) is 52.7 Å². The number of ketones is 1. The number of ether oxygens (including phenoxy) is 2. The Hall–Kier alpha value is -3.20. The van der Waals surface area contributed by atoms with Gasteiger partial charge in [0, 0.05) is 31.6 Å². The minimum Gasteiger partial charge on any atom is -0.491 e. The number of nitrogens with zero attached hydrogens (tertiary/aromatic N) is 2. The molecule has 1 aliphatic rings. The van der Waals surface area contributed by atoms with Gasteiger partial charge in [0.2, 0.25) is 0 Å². The highest BCUT2D eigenvalue weighted by Crippen LogP contribution is 2.35. The number of halogens is 2. The smallest absolute Gasteiger partial charge is 0.273 e. The first-order chi connectivity index (χ1) is 15.8. The van der Waals surface area contributed by atoms with Gasteiger partial charge in [-0.1, -0.05) is 17.7 Å². The molecule has 1 aliphatic heterocycles. The fraction of sp³-hybridized carbons (Fsp3) is 0.391. The predicted octanol–water partition coefficient (Wildman–Crippen LogP) is 3.19. The number of pyridine rings is 1. The average molecular weight is 478 g/mol. The van der Waals surface area contributed by atoms with Crippen LogP contribution in [0, 0.1) is 5.82 Å². The van der Waals surface area contributed by atoms with Gasteiger partial charge in [0.1, 0.15) is 17.3 Å². The minimum atomic E-state index is -0.559. The monoisotopic (exact) mass is 477 g/mol. The zero-order chi connectivity index (χ0) is 24.1. The molecule has 2 amide bonds. The van der Waals surface area contributed by atoms with E-state index in [9.17, 15) is 18.8 Å². The zero-order valence-electron chi connectivity index (χ0n) is 18.7. The summed E-state index contributed by atoms with van der Waals surface area (Å²) < 4.78 is 24.2. The third-order valence-corrected chi connectivity index (χ3v) is 5.60. The second-order valence-electron chi connectivity index (χ2n) is 7.64. The molecule has 33 heavy (non-hydrogen) atoms. The number of methoxy groups -OCH3 is 2. The number of carbonyl (C=O) groups excluding carboxylic acids is 3. The number of nitrogens with one attached hydrogen (secondary N) is 1. The Morgan fingerprint density at radius 3 is 2.67 bits per heavy atom. The first-order valence-corrected chi connectivity index (χ1v) is 10.8. The van der Waals surface area contributed by atoms with Crippen molar-refractivity contribution in [3.63, 3.8) is 0 Å². The van der Waals surface area contributed by atoms with Crippen LogP contribution in [0.5, 0.6) is 11.6 Å². The number of benzene rings is 1. The number of carbonyl (C=O) groups is 3. The summed E-state index contributed by atoms with van der Waals surface area (Å²) in [5.74, 6) is -1.19. The van der Waals surface area contributed by atoms with Crippen LogP contribution in [0.3, 0.4) is 0 Å². The van der Waals surface area contributed by atoms with Crippen molar-refractivity contribution in [2.75, 3.05) is 27.3 Å². The molecule has 0 aliphatic carbocycles. The molecule has 2 heterocycles. The van der Waals surface area contributed by atoms with Gasteiger partial charge in [0.15, 0.2) is 5.75 Å². The van der Waals surface area contributed by atoms with E-state index >= 15 is 0 Å². The molecule has 10 heteroatoms. The minimum absolute atomic E-state index is 0.00511. The van der Waals surface area contributed by atoms with Crippen molar-refractivity contribution in [3.8, 4) is 11.6 Å². The lowest BCUT2D eigenvalue weighted by Crippen LogP contribution is -2.37. The van der Waals surface area contributed by atoms with E-state index in [1.807, 2.05) is 0 Å². The summed E-state index contributed by atoms with van der Waals surface area (Å²) in [6, 6.07) is 4.22. The topological polar surface area (TPSA) is 97.8 Å². The maximum absolute atomic E-state index is 13.7. The Labute approximate surface area is 196 Å². The number of fused-ring (bicyclic) bond motifs is 1. The number of hydrogen-bond donors (Lipinski definition) is 1. The number of aromatic nitrogens is 1. The summed E-state index contributed by atoms with van der Waals surface area (Å²) >= 11 is 5.91. The molecule has 0 saturated carbocycles. The van der Waals surface area contributed by atoms with E-state index in [2.05, 4.69) is 10.3 Å². The van der Waals surface area contributed by atoms with Gasteiger partial charge in [0.05, 0.1) is 24.8 Å². The van der Waals surface area contributed by atoms with Crippen LogP contribution in [0.4, 0.5) is 4.39 Å².